The van der Waals surface area contributed by atoms with Crippen molar-refractivity contribution < 1.29 is 9.18 Å². The molecule has 76 valence electrons. The Morgan fingerprint density at radius 3 is 2.93 bits per heavy atom. The standard InChI is InChI=1S/C10H7FN2OS/c1-6-13-9(5-15-6)10(14)7-2-3-12-4-8(7)11/h2-5H,1H3. The molecule has 2 aromatic heterocycles. The molecule has 0 fully saturated rings. The summed E-state index contributed by atoms with van der Waals surface area (Å²) >= 11 is 1.36. The van der Waals surface area contributed by atoms with Crippen molar-refractivity contribution in [3.05, 3.63) is 45.9 Å². The largest absolute Gasteiger partial charge is 0.287 e. The highest BCUT2D eigenvalue weighted by atomic mass is 32.1. The second-order valence-corrected chi connectivity index (χ2v) is 4.00. The third-order valence-corrected chi connectivity index (χ3v) is 2.64. The Kier molecular flexibility index (Phi) is 2.55. The topological polar surface area (TPSA) is 42.9 Å². The van der Waals surface area contributed by atoms with Crippen molar-refractivity contribution in [3.8, 4) is 0 Å². The molecule has 2 aromatic rings. The Labute approximate surface area is 89.6 Å². The van der Waals surface area contributed by atoms with Gasteiger partial charge in [-0.2, -0.15) is 0 Å². The van der Waals surface area contributed by atoms with Crippen molar-refractivity contribution in [1.82, 2.24) is 9.97 Å². The fraction of sp³-hybridized carbons (Fsp3) is 0.100. The predicted molar refractivity (Wildman–Crippen MR) is 54.5 cm³/mol. The first-order valence-corrected chi connectivity index (χ1v) is 5.13. The van der Waals surface area contributed by atoms with E-state index < -0.39 is 11.6 Å². The smallest absolute Gasteiger partial charge is 0.215 e. The molecule has 0 saturated heterocycles. The van der Waals surface area contributed by atoms with Gasteiger partial charge >= 0.3 is 0 Å². The van der Waals surface area contributed by atoms with E-state index in [1.54, 1.807) is 12.3 Å². The molecule has 0 bridgehead atoms. The van der Waals surface area contributed by atoms with Gasteiger partial charge in [-0.15, -0.1) is 11.3 Å². The lowest BCUT2D eigenvalue weighted by Gasteiger charge is -1.97. The fourth-order valence-electron chi connectivity index (χ4n) is 1.17. The van der Waals surface area contributed by atoms with Gasteiger partial charge in [0.1, 0.15) is 5.69 Å². The highest BCUT2D eigenvalue weighted by Gasteiger charge is 2.15. The third kappa shape index (κ3) is 1.92. The van der Waals surface area contributed by atoms with Crippen LogP contribution in [0.2, 0.25) is 0 Å². The predicted octanol–water partition coefficient (Wildman–Crippen LogP) is 2.22. The second-order valence-electron chi connectivity index (χ2n) is 2.94. The number of ketones is 1. The number of hydrogen-bond acceptors (Lipinski definition) is 4. The van der Waals surface area contributed by atoms with Crippen LogP contribution in [0, 0.1) is 12.7 Å². The molecule has 0 aliphatic carbocycles. The van der Waals surface area contributed by atoms with Crippen LogP contribution in [0.4, 0.5) is 4.39 Å². The molecule has 2 rings (SSSR count). The summed E-state index contributed by atoms with van der Waals surface area (Å²) in [6.07, 6.45) is 2.40. The molecule has 5 heteroatoms. The minimum absolute atomic E-state index is 0.00954. The number of pyridine rings is 1. The summed E-state index contributed by atoms with van der Waals surface area (Å²) in [7, 11) is 0. The molecule has 0 amide bonds. The summed E-state index contributed by atoms with van der Waals surface area (Å²) in [5, 5.41) is 2.41. The summed E-state index contributed by atoms with van der Waals surface area (Å²) in [4.78, 5) is 19.3. The monoisotopic (exact) mass is 222 g/mol. The lowest BCUT2D eigenvalue weighted by molar-refractivity contribution is 0.103. The van der Waals surface area contributed by atoms with Crippen LogP contribution in [0.15, 0.2) is 23.8 Å². The average molecular weight is 222 g/mol. The minimum Gasteiger partial charge on any atom is -0.287 e. The number of halogens is 1. The zero-order valence-electron chi connectivity index (χ0n) is 7.90. The maximum absolute atomic E-state index is 13.2. The van der Waals surface area contributed by atoms with Gasteiger partial charge in [0.05, 0.1) is 16.8 Å². The molecule has 0 aromatic carbocycles. The number of aryl methyl sites for hydroxylation is 1. The van der Waals surface area contributed by atoms with Gasteiger partial charge in [-0.3, -0.25) is 9.78 Å². The van der Waals surface area contributed by atoms with Crippen LogP contribution >= 0.6 is 11.3 Å². The van der Waals surface area contributed by atoms with Gasteiger partial charge < -0.3 is 0 Å². The lowest BCUT2D eigenvalue weighted by Crippen LogP contribution is -2.04. The molecular formula is C10H7FN2OS. The van der Waals surface area contributed by atoms with Gasteiger partial charge in [-0.1, -0.05) is 0 Å². The zero-order chi connectivity index (χ0) is 10.8. The van der Waals surface area contributed by atoms with E-state index in [0.717, 1.165) is 11.2 Å². The number of hydrogen-bond donors (Lipinski definition) is 0. The molecule has 0 N–H and O–H groups in total. The summed E-state index contributed by atoms with van der Waals surface area (Å²) in [5.74, 6) is -1.02. The van der Waals surface area contributed by atoms with Gasteiger partial charge in [0, 0.05) is 11.6 Å². The van der Waals surface area contributed by atoms with Crippen LogP contribution in [-0.4, -0.2) is 15.8 Å². The van der Waals surface area contributed by atoms with Crippen LogP contribution in [0.25, 0.3) is 0 Å². The maximum atomic E-state index is 13.2. The van der Waals surface area contributed by atoms with Crippen molar-refractivity contribution in [3.63, 3.8) is 0 Å². The first-order valence-electron chi connectivity index (χ1n) is 4.25. The van der Waals surface area contributed by atoms with E-state index in [9.17, 15) is 9.18 Å². The number of rotatable bonds is 2. The van der Waals surface area contributed by atoms with Crippen molar-refractivity contribution in [2.45, 2.75) is 6.92 Å². The van der Waals surface area contributed by atoms with Crippen molar-refractivity contribution in [2.24, 2.45) is 0 Å². The zero-order valence-corrected chi connectivity index (χ0v) is 8.71. The fourth-order valence-corrected chi connectivity index (χ4v) is 1.76. The molecule has 3 nitrogen and oxygen atoms in total. The number of carbonyl (C=O) groups is 1. The average Bonchev–Trinajstić information content (AvgIpc) is 2.65. The van der Waals surface area contributed by atoms with Crippen molar-refractivity contribution >= 4 is 17.1 Å². The molecule has 0 saturated carbocycles. The van der Waals surface area contributed by atoms with E-state index in [2.05, 4.69) is 9.97 Å². The first-order chi connectivity index (χ1) is 7.18. The second kappa shape index (κ2) is 3.86. The first kappa shape index (κ1) is 9.92. The molecular weight excluding hydrogens is 215 g/mol. The van der Waals surface area contributed by atoms with Crippen LogP contribution in [0.5, 0.6) is 0 Å². The number of carbonyl (C=O) groups excluding carboxylic acids is 1. The maximum Gasteiger partial charge on any atom is 0.215 e. The summed E-state index contributed by atoms with van der Waals surface area (Å²) < 4.78 is 13.2. The van der Waals surface area contributed by atoms with Gasteiger partial charge in [-0.25, -0.2) is 9.37 Å². The third-order valence-electron chi connectivity index (χ3n) is 1.87. The number of nitrogens with zero attached hydrogens (tertiary/aromatic N) is 2. The Bertz CT molecular complexity index is 510. The van der Waals surface area contributed by atoms with Gasteiger partial charge in [0.2, 0.25) is 5.78 Å². The van der Waals surface area contributed by atoms with Crippen LogP contribution in [-0.2, 0) is 0 Å². The normalized spacial score (nSPS) is 10.3. The van der Waals surface area contributed by atoms with E-state index in [1.165, 1.54) is 23.6 Å². The molecule has 0 atom stereocenters. The van der Waals surface area contributed by atoms with Gasteiger partial charge in [0.15, 0.2) is 5.82 Å². The minimum atomic E-state index is -0.617. The van der Waals surface area contributed by atoms with E-state index in [4.69, 9.17) is 0 Å². The summed E-state index contributed by atoms with van der Waals surface area (Å²) in [6.45, 7) is 1.80. The van der Waals surface area contributed by atoms with E-state index >= 15 is 0 Å². The molecule has 15 heavy (non-hydrogen) atoms. The highest BCUT2D eigenvalue weighted by molar-refractivity contribution is 7.09. The Balaban J connectivity index is 2.41. The SMILES string of the molecule is Cc1nc(C(=O)c2ccncc2F)cs1. The van der Waals surface area contributed by atoms with Gasteiger partial charge in [-0.05, 0) is 13.0 Å². The number of thiazole rings is 1. The molecule has 0 radical (unpaired) electrons. The molecule has 0 aliphatic rings. The van der Waals surface area contributed by atoms with Crippen molar-refractivity contribution in [2.75, 3.05) is 0 Å². The van der Waals surface area contributed by atoms with Crippen LogP contribution in [0.1, 0.15) is 21.1 Å². The highest BCUT2D eigenvalue weighted by Crippen LogP contribution is 2.14. The number of aromatic nitrogens is 2. The molecule has 0 spiro atoms. The Hall–Kier alpha value is -1.62. The Morgan fingerprint density at radius 1 is 1.53 bits per heavy atom. The molecule has 0 unspecified atom stereocenters. The lowest BCUT2D eigenvalue weighted by atomic mass is 10.1. The van der Waals surface area contributed by atoms with E-state index in [-0.39, 0.29) is 11.3 Å². The van der Waals surface area contributed by atoms with E-state index in [1.807, 2.05) is 0 Å². The van der Waals surface area contributed by atoms with Gasteiger partial charge in [0.25, 0.3) is 0 Å². The summed E-state index contributed by atoms with van der Waals surface area (Å²) in [6, 6.07) is 1.35. The molecule has 2 heterocycles. The van der Waals surface area contributed by atoms with Crippen molar-refractivity contribution in [1.29, 1.82) is 0 Å². The summed E-state index contributed by atoms with van der Waals surface area (Å²) in [5.41, 5.74) is 0.290. The Morgan fingerprint density at radius 2 is 2.33 bits per heavy atom. The molecule has 0 aliphatic heterocycles. The quantitative estimate of drug-likeness (QED) is 0.732. The van der Waals surface area contributed by atoms with E-state index in [0.29, 0.717) is 0 Å². The van der Waals surface area contributed by atoms with Crippen LogP contribution in [0.3, 0.4) is 0 Å². The van der Waals surface area contributed by atoms with Crippen LogP contribution < -0.4 is 0 Å².